The number of para-hydroxylation sites is 2. The van der Waals surface area contributed by atoms with Gasteiger partial charge in [-0.25, -0.2) is 0 Å². The van der Waals surface area contributed by atoms with Crippen molar-refractivity contribution >= 4 is 35.2 Å². The Morgan fingerprint density at radius 1 is 1.00 bits per heavy atom. The van der Waals surface area contributed by atoms with E-state index >= 15 is 0 Å². The molecule has 1 aliphatic heterocycles. The normalized spacial score (nSPS) is 14.4. The molecule has 4 rings (SSSR count). The molecule has 0 saturated heterocycles. The number of ether oxygens (including phenoxy) is 1. The minimum atomic E-state index is -1.25. The Labute approximate surface area is 172 Å². The van der Waals surface area contributed by atoms with E-state index in [0.717, 1.165) is 5.56 Å². The Morgan fingerprint density at radius 3 is 2.38 bits per heavy atom. The zero-order chi connectivity index (χ0) is 20.4. The number of amides is 1. The van der Waals surface area contributed by atoms with Crippen molar-refractivity contribution in [3.63, 3.8) is 0 Å². The third-order valence-electron chi connectivity index (χ3n) is 4.53. The van der Waals surface area contributed by atoms with Gasteiger partial charge in [-0.2, -0.15) is 0 Å². The lowest BCUT2D eigenvalue weighted by Gasteiger charge is -2.30. The van der Waals surface area contributed by atoms with Crippen molar-refractivity contribution in [1.29, 1.82) is 0 Å². The first-order chi connectivity index (χ1) is 14.0. The van der Waals surface area contributed by atoms with Gasteiger partial charge in [-0.1, -0.05) is 60.1 Å². The Bertz CT molecular complexity index is 1100. The van der Waals surface area contributed by atoms with Crippen molar-refractivity contribution in [2.75, 3.05) is 4.90 Å². The SMILES string of the molecule is O=C([O-])c1ccc(C=C2Oc3ccccc3N(Cc3ccc(Cl)cc3)C2=O)cc1. The lowest BCUT2D eigenvalue weighted by molar-refractivity contribution is -0.255. The average molecular weight is 405 g/mol. The summed E-state index contributed by atoms with van der Waals surface area (Å²) in [5.74, 6) is -0.822. The van der Waals surface area contributed by atoms with E-state index in [2.05, 4.69) is 0 Å². The summed E-state index contributed by atoms with van der Waals surface area (Å²) in [6.07, 6.45) is 1.59. The molecule has 1 aliphatic rings. The number of halogens is 1. The van der Waals surface area contributed by atoms with Crippen LogP contribution in [0.5, 0.6) is 5.75 Å². The van der Waals surface area contributed by atoms with Gasteiger partial charge in [0.1, 0.15) is 0 Å². The van der Waals surface area contributed by atoms with E-state index in [1.165, 1.54) is 12.1 Å². The number of hydrogen-bond acceptors (Lipinski definition) is 4. The third-order valence-corrected chi connectivity index (χ3v) is 4.78. The monoisotopic (exact) mass is 404 g/mol. The first kappa shape index (κ1) is 18.8. The van der Waals surface area contributed by atoms with Gasteiger partial charge in [-0.15, -0.1) is 0 Å². The molecule has 0 bridgehead atoms. The molecule has 3 aromatic rings. The van der Waals surface area contributed by atoms with Gasteiger partial charge >= 0.3 is 0 Å². The summed E-state index contributed by atoms with van der Waals surface area (Å²) in [5.41, 5.74) is 2.32. The van der Waals surface area contributed by atoms with Crippen molar-refractivity contribution < 1.29 is 19.4 Å². The van der Waals surface area contributed by atoms with Gasteiger partial charge < -0.3 is 14.6 Å². The number of anilines is 1. The number of carboxylic acid groups (broad SMARTS) is 1. The average Bonchev–Trinajstić information content (AvgIpc) is 2.73. The van der Waals surface area contributed by atoms with Gasteiger partial charge in [-0.3, -0.25) is 9.69 Å². The fourth-order valence-electron chi connectivity index (χ4n) is 3.06. The van der Waals surface area contributed by atoms with E-state index < -0.39 is 5.97 Å². The van der Waals surface area contributed by atoms with Crippen LogP contribution in [0.1, 0.15) is 21.5 Å². The predicted molar refractivity (Wildman–Crippen MR) is 108 cm³/mol. The smallest absolute Gasteiger partial charge is 0.294 e. The molecule has 1 heterocycles. The van der Waals surface area contributed by atoms with Crippen molar-refractivity contribution in [2.24, 2.45) is 0 Å². The molecule has 0 radical (unpaired) electrons. The second-order valence-corrected chi connectivity index (χ2v) is 6.94. The summed E-state index contributed by atoms with van der Waals surface area (Å²) in [5, 5.41) is 11.5. The highest BCUT2D eigenvalue weighted by atomic mass is 35.5. The van der Waals surface area contributed by atoms with Crippen LogP contribution in [0.25, 0.3) is 6.08 Å². The maximum Gasteiger partial charge on any atom is 0.294 e. The quantitative estimate of drug-likeness (QED) is 0.622. The van der Waals surface area contributed by atoms with Crippen molar-refractivity contribution in [3.05, 3.63) is 100 Å². The van der Waals surface area contributed by atoms with Crippen LogP contribution in [0, 0.1) is 0 Å². The standard InChI is InChI=1S/C23H16ClNO4/c24-18-11-7-16(8-12-18)14-25-19-3-1-2-4-20(19)29-21(22(25)26)13-15-5-9-17(10-6-15)23(27)28/h1-13H,14H2,(H,27,28)/p-1. The van der Waals surface area contributed by atoms with E-state index in [9.17, 15) is 14.7 Å². The molecule has 0 fully saturated rings. The van der Waals surface area contributed by atoms with Crippen LogP contribution in [0.3, 0.4) is 0 Å². The third kappa shape index (κ3) is 4.00. The minimum absolute atomic E-state index is 0.0674. The number of aromatic carboxylic acids is 1. The molecule has 0 saturated carbocycles. The molecule has 0 atom stereocenters. The fourth-order valence-corrected chi connectivity index (χ4v) is 3.18. The summed E-state index contributed by atoms with van der Waals surface area (Å²) in [4.78, 5) is 25.7. The van der Waals surface area contributed by atoms with Crippen molar-refractivity contribution in [2.45, 2.75) is 6.54 Å². The molecule has 3 aromatic carbocycles. The summed E-state index contributed by atoms with van der Waals surface area (Å²) in [6, 6.07) is 20.6. The number of carbonyl (C=O) groups is 2. The Morgan fingerprint density at radius 2 is 1.69 bits per heavy atom. The molecule has 0 aliphatic carbocycles. The largest absolute Gasteiger partial charge is 0.545 e. The summed E-state index contributed by atoms with van der Waals surface area (Å²) in [6.45, 7) is 0.358. The molecule has 0 N–H and O–H groups in total. The van der Waals surface area contributed by atoms with Crippen molar-refractivity contribution in [1.82, 2.24) is 0 Å². The van der Waals surface area contributed by atoms with Gasteiger partial charge in [0, 0.05) is 5.02 Å². The first-order valence-corrected chi connectivity index (χ1v) is 9.25. The maximum absolute atomic E-state index is 13.1. The van der Waals surface area contributed by atoms with Gasteiger partial charge in [0.25, 0.3) is 5.91 Å². The van der Waals surface area contributed by atoms with Gasteiger partial charge in [0.2, 0.25) is 0 Å². The second kappa shape index (κ2) is 7.81. The van der Waals surface area contributed by atoms with Crippen LogP contribution in [0.4, 0.5) is 5.69 Å². The minimum Gasteiger partial charge on any atom is -0.545 e. The van der Waals surface area contributed by atoms with Crippen LogP contribution >= 0.6 is 11.6 Å². The molecule has 6 heteroatoms. The zero-order valence-corrected chi connectivity index (χ0v) is 15.9. The number of rotatable bonds is 4. The molecule has 29 heavy (non-hydrogen) atoms. The van der Waals surface area contributed by atoms with Crippen LogP contribution in [0.15, 0.2) is 78.6 Å². The molecule has 5 nitrogen and oxygen atoms in total. The lowest BCUT2D eigenvalue weighted by atomic mass is 10.1. The number of benzene rings is 3. The molecular weight excluding hydrogens is 390 g/mol. The highest BCUT2D eigenvalue weighted by molar-refractivity contribution is 6.30. The molecule has 144 valence electrons. The molecular formula is C23H15ClNO4-. The number of carbonyl (C=O) groups excluding carboxylic acids is 2. The van der Waals surface area contributed by atoms with E-state index in [-0.39, 0.29) is 17.2 Å². The fraction of sp³-hybridized carbons (Fsp3) is 0.0435. The molecule has 1 amide bonds. The Balaban J connectivity index is 1.69. The molecule has 0 spiro atoms. The van der Waals surface area contributed by atoms with E-state index in [1.54, 1.807) is 41.3 Å². The molecule has 0 unspecified atom stereocenters. The van der Waals surface area contributed by atoms with Crippen LogP contribution in [0.2, 0.25) is 5.02 Å². The van der Waals surface area contributed by atoms with E-state index in [1.807, 2.05) is 30.3 Å². The Kier molecular flexibility index (Phi) is 5.06. The lowest BCUT2D eigenvalue weighted by Crippen LogP contribution is -2.36. The number of fused-ring (bicyclic) bond motifs is 1. The highest BCUT2D eigenvalue weighted by Gasteiger charge is 2.30. The van der Waals surface area contributed by atoms with E-state index in [0.29, 0.717) is 28.6 Å². The first-order valence-electron chi connectivity index (χ1n) is 8.87. The Hall–Kier alpha value is -3.57. The number of nitrogens with zero attached hydrogens (tertiary/aromatic N) is 1. The predicted octanol–water partition coefficient (Wildman–Crippen LogP) is 3.67. The molecule has 0 aromatic heterocycles. The summed E-state index contributed by atoms with van der Waals surface area (Å²) in [7, 11) is 0. The summed E-state index contributed by atoms with van der Waals surface area (Å²) < 4.78 is 5.83. The van der Waals surface area contributed by atoms with Gasteiger partial charge in [0.15, 0.2) is 11.5 Å². The van der Waals surface area contributed by atoms with Crippen molar-refractivity contribution in [3.8, 4) is 5.75 Å². The zero-order valence-electron chi connectivity index (χ0n) is 15.2. The van der Waals surface area contributed by atoms with Crippen LogP contribution < -0.4 is 14.7 Å². The number of hydrogen-bond donors (Lipinski definition) is 0. The maximum atomic E-state index is 13.1. The highest BCUT2D eigenvalue weighted by Crippen LogP contribution is 2.36. The summed E-state index contributed by atoms with van der Waals surface area (Å²) >= 11 is 5.96. The van der Waals surface area contributed by atoms with E-state index in [4.69, 9.17) is 16.3 Å². The van der Waals surface area contributed by atoms with Gasteiger partial charge in [-0.05, 0) is 47.0 Å². The topological polar surface area (TPSA) is 69.7 Å². The van der Waals surface area contributed by atoms with Crippen LogP contribution in [-0.2, 0) is 11.3 Å². The second-order valence-electron chi connectivity index (χ2n) is 6.51. The van der Waals surface area contributed by atoms with Crippen LogP contribution in [-0.4, -0.2) is 11.9 Å². The number of carboxylic acids is 1. The van der Waals surface area contributed by atoms with Gasteiger partial charge in [0.05, 0.1) is 18.2 Å².